The number of ether oxygens (including phenoxy) is 1. The normalized spacial score (nSPS) is 9.93. The Kier molecular flexibility index (Phi) is 3.89. The molecule has 7 heteroatoms. The smallest absolute Gasteiger partial charge is 0.357 e. The molecule has 0 aliphatic rings. The van der Waals surface area contributed by atoms with Gasteiger partial charge in [0.05, 0.1) is 6.61 Å². The van der Waals surface area contributed by atoms with Crippen LogP contribution in [0.25, 0.3) is 0 Å². The van der Waals surface area contributed by atoms with Gasteiger partial charge in [-0.25, -0.2) is 4.79 Å². The largest absolute Gasteiger partial charge is 0.461 e. The fraction of sp³-hybridized carbons (Fsp3) is 0.375. The molecule has 0 aliphatic carbocycles. The van der Waals surface area contributed by atoms with Gasteiger partial charge in [0.2, 0.25) is 0 Å². The molecule has 0 aromatic carbocycles. The molecule has 1 aromatic heterocycles. The zero-order valence-corrected chi connectivity index (χ0v) is 9.30. The van der Waals surface area contributed by atoms with Gasteiger partial charge in [0, 0.05) is 0 Å². The van der Waals surface area contributed by atoms with Crippen LogP contribution in [0.4, 0.5) is 0 Å². The minimum absolute atomic E-state index is 0.0979. The van der Waals surface area contributed by atoms with E-state index in [2.05, 4.69) is 21.4 Å². The van der Waals surface area contributed by atoms with Gasteiger partial charge in [-0.2, -0.15) is 0 Å². The summed E-state index contributed by atoms with van der Waals surface area (Å²) < 4.78 is 5.83. The zero-order valence-electron chi connectivity index (χ0n) is 8.15. The molecule has 0 amide bonds. The third kappa shape index (κ3) is 2.19. The Morgan fingerprint density at radius 3 is 2.80 bits per heavy atom. The maximum absolute atomic E-state index is 11.4. The summed E-state index contributed by atoms with van der Waals surface area (Å²) in [5, 5.41) is 2.79. The Labute approximate surface area is 93.6 Å². The molecule has 1 heterocycles. The van der Waals surface area contributed by atoms with Crippen molar-refractivity contribution in [3.8, 4) is 0 Å². The molecule has 1 N–H and O–H groups in total. The van der Waals surface area contributed by atoms with Crippen LogP contribution in [0.5, 0.6) is 0 Å². The first-order valence-electron chi connectivity index (χ1n) is 4.30. The van der Waals surface area contributed by atoms with Gasteiger partial charge in [-0.3, -0.25) is 19.4 Å². The number of rotatable bonds is 4. The lowest BCUT2D eigenvalue weighted by Gasteiger charge is -1.99. The van der Waals surface area contributed by atoms with Crippen LogP contribution in [0.3, 0.4) is 0 Å². The molecule has 15 heavy (non-hydrogen) atoms. The van der Waals surface area contributed by atoms with E-state index in [9.17, 15) is 14.4 Å². The van der Waals surface area contributed by atoms with Gasteiger partial charge >= 0.3 is 5.97 Å². The van der Waals surface area contributed by atoms with E-state index < -0.39 is 11.5 Å². The van der Waals surface area contributed by atoms with Crippen molar-refractivity contribution in [3.05, 3.63) is 21.6 Å². The molecule has 1 aromatic rings. The highest BCUT2D eigenvalue weighted by molar-refractivity contribution is 6.06. The lowest BCUT2D eigenvalue weighted by atomic mass is 10.3. The number of H-pyrrole nitrogens is 1. The van der Waals surface area contributed by atoms with Gasteiger partial charge in [0.1, 0.15) is 5.56 Å². The molecule has 0 bridgehead atoms. The summed E-state index contributed by atoms with van der Waals surface area (Å²) in [4.78, 5) is 33.4. The van der Waals surface area contributed by atoms with Crippen LogP contribution in [0.15, 0.2) is 4.79 Å². The highest BCUT2D eigenvalue weighted by Crippen LogP contribution is 2.00. The van der Waals surface area contributed by atoms with Crippen LogP contribution in [-0.4, -0.2) is 44.9 Å². The number of nitrogens with zero attached hydrogens (tertiary/aromatic N) is 1. The summed E-state index contributed by atoms with van der Waals surface area (Å²) in [5.41, 5.74) is -0.821. The topological polar surface area (TPSA) is 81.2 Å². The third-order valence-electron chi connectivity index (χ3n) is 1.77. The average molecular weight is 224 g/mol. The van der Waals surface area contributed by atoms with E-state index in [1.165, 1.54) is 0 Å². The van der Waals surface area contributed by atoms with Crippen LogP contribution >= 0.6 is 0 Å². The number of hydrogen-bond acceptors (Lipinski definition) is 4. The highest BCUT2D eigenvalue weighted by Gasteiger charge is 2.19. The lowest BCUT2D eigenvalue weighted by molar-refractivity contribution is 0.0516. The number of aromatic nitrogens is 2. The average Bonchev–Trinajstić information content (AvgIpc) is 2.55. The molecule has 0 saturated carbocycles. The first-order chi connectivity index (χ1) is 7.15. The monoisotopic (exact) mass is 224 g/mol. The molecular weight excluding hydrogens is 215 g/mol. The molecule has 1 rings (SSSR count). The van der Waals surface area contributed by atoms with Crippen LogP contribution in [0.1, 0.15) is 27.8 Å². The number of carbonyl (C=O) groups excluding carboxylic acids is 2. The Bertz CT molecular complexity index is 434. The number of nitrogens with one attached hydrogen (secondary N) is 1. The van der Waals surface area contributed by atoms with Gasteiger partial charge in [-0.05, 0) is 12.3 Å². The molecule has 0 saturated heterocycles. The van der Waals surface area contributed by atoms with E-state index in [0.29, 0.717) is 6.29 Å². The van der Waals surface area contributed by atoms with Crippen molar-refractivity contribution >= 4 is 28.5 Å². The molecule has 6 nitrogen and oxygen atoms in total. The molecular formula is C8H9AlN2O4. The molecule has 0 unspecified atom stereocenters. The predicted molar refractivity (Wildman–Crippen MR) is 52.2 cm³/mol. The summed E-state index contributed by atoms with van der Waals surface area (Å²) in [6, 6.07) is 0. The second-order valence-electron chi connectivity index (χ2n) is 2.65. The Hall–Kier alpha value is -1.32. The Morgan fingerprint density at radius 1 is 1.67 bits per heavy atom. The quantitative estimate of drug-likeness (QED) is 0.416. The maximum Gasteiger partial charge on any atom is 0.357 e. The molecule has 0 fully saturated rings. The molecule has 0 aliphatic heterocycles. The Balaban J connectivity index is 3.23. The summed E-state index contributed by atoms with van der Waals surface area (Å²) in [6.07, 6.45) is 0.349. The van der Waals surface area contributed by atoms with E-state index in [4.69, 9.17) is 4.74 Å². The number of hydrogen-bond donors (Lipinski definition) is 1. The molecule has 78 valence electrons. The minimum Gasteiger partial charge on any atom is -0.461 e. The van der Waals surface area contributed by atoms with Crippen LogP contribution in [-0.2, 0) is 10.1 Å². The standard InChI is InChI=1S/C8H9N2O4.Al/c1-3-14-8(13)6-5(4-11)7(12)10(2)9-6;/h4,9H,2-3H2,1H3;. The van der Waals surface area contributed by atoms with Crippen molar-refractivity contribution in [2.45, 2.75) is 12.3 Å². The van der Waals surface area contributed by atoms with Crippen molar-refractivity contribution in [1.82, 2.24) is 9.78 Å². The summed E-state index contributed by atoms with van der Waals surface area (Å²) in [5.74, 6) is -0.700. The summed E-state index contributed by atoms with van der Waals surface area (Å²) in [6.45, 7) is 1.83. The van der Waals surface area contributed by atoms with E-state index in [0.717, 1.165) is 4.68 Å². The fourth-order valence-electron chi connectivity index (χ4n) is 1.10. The van der Waals surface area contributed by atoms with Crippen molar-refractivity contribution in [2.24, 2.45) is 0 Å². The third-order valence-corrected chi connectivity index (χ3v) is 2.14. The van der Waals surface area contributed by atoms with Gasteiger partial charge in [-0.15, -0.1) is 0 Å². The number of aldehydes is 1. The molecule has 0 spiro atoms. The Morgan fingerprint density at radius 2 is 2.33 bits per heavy atom. The summed E-state index contributed by atoms with van der Waals surface area (Å²) in [7, 11) is 0. The van der Waals surface area contributed by atoms with E-state index in [1.807, 2.05) is 0 Å². The van der Waals surface area contributed by atoms with Crippen molar-refractivity contribution < 1.29 is 14.3 Å². The maximum atomic E-state index is 11.4. The molecule has 2 radical (unpaired) electrons. The van der Waals surface area contributed by atoms with Crippen LogP contribution in [0.2, 0.25) is 0 Å². The minimum atomic E-state index is -0.700. The van der Waals surface area contributed by atoms with Crippen molar-refractivity contribution in [3.63, 3.8) is 0 Å². The van der Waals surface area contributed by atoms with Gasteiger partial charge in [-0.1, -0.05) is 0 Å². The number of aromatic amines is 1. The summed E-state index contributed by atoms with van der Waals surface area (Å²) >= 11 is 2.31. The van der Waals surface area contributed by atoms with E-state index >= 15 is 0 Å². The van der Waals surface area contributed by atoms with Crippen LogP contribution in [0, 0.1) is 0 Å². The van der Waals surface area contributed by atoms with E-state index in [1.54, 1.807) is 6.92 Å². The van der Waals surface area contributed by atoms with Crippen molar-refractivity contribution in [2.75, 3.05) is 6.61 Å². The van der Waals surface area contributed by atoms with Crippen molar-refractivity contribution in [1.29, 1.82) is 0 Å². The highest BCUT2D eigenvalue weighted by atomic mass is 27.0. The lowest BCUT2D eigenvalue weighted by Crippen LogP contribution is -2.18. The zero-order chi connectivity index (χ0) is 11.4. The van der Waals surface area contributed by atoms with Gasteiger partial charge < -0.3 is 4.74 Å². The second kappa shape index (κ2) is 4.96. The fourth-order valence-corrected chi connectivity index (χ4v) is 1.35. The number of esters is 1. The van der Waals surface area contributed by atoms with Gasteiger partial charge in [0.25, 0.3) is 5.56 Å². The van der Waals surface area contributed by atoms with E-state index in [-0.39, 0.29) is 23.3 Å². The first-order valence-corrected chi connectivity index (χ1v) is 5.12. The SMILES string of the molecule is CCOC(=O)c1[nH]n([CH2][Al])c(=O)c1C=O. The predicted octanol–water partition coefficient (Wildman–Crippen LogP) is -0.708. The second-order valence-corrected chi connectivity index (χ2v) is 3.02. The number of carbonyl (C=O) groups is 2. The van der Waals surface area contributed by atoms with Gasteiger partial charge in [0.15, 0.2) is 28.3 Å². The first kappa shape index (κ1) is 11.8. The molecule has 0 atom stereocenters. The van der Waals surface area contributed by atoms with Crippen LogP contribution < -0.4 is 5.56 Å².